The lowest BCUT2D eigenvalue weighted by molar-refractivity contribution is -0.153. The molecule has 1 unspecified atom stereocenters. The third-order valence-corrected chi connectivity index (χ3v) is 11.8. The summed E-state index contributed by atoms with van der Waals surface area (Å²) in [5.41, 5.74) is -0.632. The van der Waals surface area contributed by atoms with Gasteiger partial charge in [0, 0.05) is 64.9 Å². The summed E-state index contributed by atoms with van der Waals surface area (Å²) >= 11 is 0. The van der Waals surface area contributed by atoms with Crippen LogP contribution in [-0.2, 0) is 19.0 Å². The summed E-state index contributed by atoms with van der Waals surface area (Å²) in [6.45, 7) is 18.3. The van der Waals surface area contributed by atoms with E-state index in [0.717, 1.165) is 55.3 Å². The number of hydrogen-bond acceptors (Lipinski definition) is 7. The van der Waals surface area contributed by atoms with Crippen molar-refractivity contribution in [1.82, 2.24) is 14.6 Å². The molecule has 2 aliphatic carbocycles. The molecule has 0 aliphatic heterocycles. The van der Waals surface area contributed by atoms with Gasteiger partial charge < -0.3 is 19.1 Å². The third-order valence-electron chi connectivity index (χ3n) is 8.43. The highest BCUT2D eigenvalue weighted by molar-refractivity contribution is 6.76. The molecule has 0 saturated heterocycles. The van der Waals surface area contributed by atoms with Gasteiger partial charge in [0.2, 0.25) is 5.67 Å². The van der Waals surface area contributed by atoms with Crippen LogP contribution >= 0.6 is 0 Å². The maximum absolute atomic E-state index is 15.4. The first kappa shape index (κ1) is 31.1. The van der Waals surface area contributed by atoms with Gasteiger partial charge in [-0.15, -0.1) is 0 Å². The average molecular weight is 593 g/mol. The van der Waals surface area contributed by atoms with Gasteiger partial charge in [0.1, 0.15) is 19.3 Å². The molecule has 0 radical (unpaired) electrons. The molecule has 0 aromatic carbocycles. The van der Waals surface area contributed by atoms with Gasteiger partial charge in [-0.1, -0.05) is 39.3 Å². The fraction of sp³-hybridized carbons (Fsp3) is 0.759. The lowest BCUT2D eigenvalue weighted by atomic mass is 9.76. The lowest BCUT2D eigenvalue weighted by Gasteiger charge is -2.31. The zero-order chi connectivity index (χ0) is 29.2. The number of carbonyl (C=O) groups is 1. The van der Waals surface area contributed by atoms with E-state index in [1.54, 1.807) is 13.1 Å². The molecule has 2 saturated carbocycles. The molecule has 0 N–H and O–H groups in total. The minimum absolute atomic E-state index is 0.193. The zero-order valence-corrected chi connectivity index (χ0v) is 27.6. The number of esters is 1. The number of halogens is 1. The number of hydrogen-bond donors (Lipinski definition) is 0. The summed E-state index contributed by atoms with van der Waals surface area (Å²) in [6.07, 6.45) is 4.96. The molecular formula is C29H49FN4O4Si2. The van der Waals surface area contributed by atoms with Crippen LogP contribution in [-0.4, -0.2) is 75.7 Å². The van der Waals surface area contributed by atoms with Crippen molar-refractivity contribution in [1.29, 1.82) is 0 Å². The van der Waals surface area contributed by atoms with Crippen molar-refractivity contribution in [3.05, 3.63) is 24.0 Å². The van der Waals surface area contributed by atoms with Crippen molar-refractivity contribution < 1.29 is 23.4 Å². The highest BCUT2D eigenvalue weighted by atomic mass is 28.3. The normalized spacial score (nSPS) is 24.9. The van der Waals surface area contributed by atoms with Crippen LogP contribution in [0.15, 0.2) is 18.3 Å². The second-order valence-corrected chi connectivity index (χ2v) is 25.4. The van der Waals surface area contributed by atoms with E-state index in [4.69, 9.17) is 19.2 Å². The number of carbonyl (C=O) groups excluding carboxylic acids is 1. The van der Waals surface area contributed by atoms with Crippen molar-refractivity contribution in [2.45, 2.75) is 102 Å². The fourth-order valence-corrected chi connectivity index (χ4v) is 7.13. The summed E-state index contributed by atoms with van der Waals surface area (Å²) in [7, 11) is -2.42. The lowest BCUT2D eigenvalue weighted by Crippen LogP contribution is -2.33. The zero-order valence-electron chi connectivity index (χ0n) is 25.6. The Morgan fingerprint density at radius 1 is 1.07 bits per heavy atom. The van der Waals surface area contributed by atoms with Crippen LogP contribution in [0.5, 0.6) is 0 Å². The largest absolute Gasteiger partial charge is 0.464 e. The topological polar surface area (TPSA) is 78.2 Å². The van der Waals surface area contributed by atoms with Gasteiger partial charge >= 0.3 is 5.97 Å². The SMILES string of the molecule is CCOC(=O)C1(F)CC12CCC(c1cc(N(COCC[Si](C)(C)C)COCC[Si](C)(C)C)n3nccc3n1)CC2. The summed E-state index contributed by atoms with van der Waals surface area (Å²) in [6, 6.07) is 6.22. The Labute approximate surface area is 241 Å². The highest BCUT2D eigenvalue weighted by Gasteiger charge is 2.74. The molecule has 8 nitrogen and oxygen atoms in total. The molecule has 2 aliphatic rings. The van der Waals surface area contributed by atoms with E-state index in [2.05, 4.69) is 55.3 Å². The predicted molar refractivity (Wildman–Crippen MR) is 162 cm³/mol. The molecule has 11 heteroatoms. The van der Waals surface area contributed by atoms with Crippen LogP contribution < -0.4 is 4.90 Å². The van der Waals surface area contributed by atoms with Gasteiger partial charge in [-0.05, 0) is 44.7 Å². The van der Waals surface area contributed by atoms with Gasteiger partial charge in [-0.25, -0.2) is 14.2 Å². The van der Waals surface area contributed by atoms with E-state index < -0.39 is 33.2 Å². The highest BCUT2D eigenvalue weighted by Crippen LogP contribution is 2.68. The van der Waals surface area contributed by atoms with Crippen molar-refractivity contribution >= 4 is 33.6 Å². The Bertz CT molecular complexity index is 1140. The standard InChI is InChI=1S/C29H49FN4O4Si2/c1-8-38-27(35)29(30)20-28(29)12-9-23(10-13-28)24-19-26(34-25(32-24)11-14-31-34)33(21-36-15-17-39(2,3)4)22-37-16-18-40(5,6)7/h11,14,19,23H,8-10,12-13,15-18,20-22H2,1-7H3. The van der Waals surface area contributed by atoms with Crippen LogP contribution in [0.1, 0.15) is 50.6 Å². The molecule has 2 aromatic rings. The van der Waals surface area contributed by atoms with Gasteiger partial charge in [-0.2, -0.15) is 9.61 Å². The number of rotatable bonds is 14. The molecule has 224 valence electrons. The first-order valence-electron chi connectivity index (χ1n) is 14.9. The maximum atomic E-state index is 15.4. The molecule has 1 atom stereocenters. The van der Waals surface area contributed by atoms with Crippen LogP contribution in [0, 0.1) is 5.41 Å². The fourth-order valence-electron chi connectivity index (χ4n) is 5.62. The predicted octanol–water partition coefficient (Wildman–Crippen LogP) is 6.48. The molecule has 2 fully saturated rings. The summed E-state index contributed by atoms with van der Waals surface area (Å²) < 4.78 is 34.7. The quantitative estimate of drug-likeness (QED) is 0.108. The molecule has 0 bridgehead atoms. The first-order valence-corrected chi connectivity index (χ1v) is 22.3. The third kappa shape index (κ3) is 7.32. The van der Waals surface area contributed by atoms with Gasteiger partial charge in [0.05, 0.1) is 12.8 Å². The van der Waals surface area contributed by atoms with Crippen LogP contribution in [0.25, 0.3) is 5.65 Å². The number of aromatic nitrogens is 3. The van der Waals surface area contributed by atoms with Crippen molar-refractivity contribution in [2.24, 2.45) is 5.41 Å². The van der Waals surface area contributed by atoms with E-state index in [-0.39, 0.29) is 18.9 Å². The minimum atomic E-state index is -1.82. The van der Waals surface area contributed by atoms with Gasteiger partial charge in [0.15, 0.2) is 5.65 Å². The Kier molecular flexibility index (Phi) is 9.48. The van der Waals surface area contributed by atoms with E-state index >= 15 is 4.39 Å². The van der Waals surface area contributed by atoms with Crippen LogP contribution in [0.3, 0.4) is 0 Å². The molecule has 4 rings (SSSR count). The number of anilines is 1. The number of fused-ring (bicyclic) bond motifs is 1. The number of alkyl halides is 1. The van der Waals surface area contributed by atoms with Gasteiger partial charge in [-0.3, -0.25) is 0 Å². The summed E-state index contributed by atoms with van der Waals surface area (Å²) in [4.78, 5) is 19.3. The first-order chi connectivity index (χ1) is 18.8. The van der Waals surface area contributed by atoms with E-state index in [0.29, 0.717) is 26.3 Å². The second-order valence-electron chi connectivity index (χ2n) is 14.1. The second kappa shape index (κ2) is 12.2. The molecular weight excluding hydrogens is 544 g/mol. The smallest absolute Gasteiger partial charge is 0.344 e. The van der Waals surface area contributed by atoms with E-state index in [1.165, 1.54) is 0 Å². The summed E-state index contributed by atoms with van der Waals surface area (Å²) in [5, 5.41) is 4.56. The van der Waals surface area contributed by atoms with Gasteiger partial charge in [0.25, 0.3) is 0 Å². The molecule has 0 amide bonds. The summed E-state index contributed by atoms with van der Waals surface area (Å²) in [5.74, 6) is 0.399. The van der Waals surface area contributed by atoms with Crippen molar-refractivity contribution in [2.75, 3.05) is 38.2 Å². The Hall–Kier alpha value is -1.83. The number of nitrogens with zero attached hydrogens (tertiary/aromatic N) is 4. The van der Waals surface area contributed by atoms with Crippen LogP contribution in [0.2, 0.25) is 51.4 Å². The Morgan fingerprint density at radius 3 is 2.23 bits per heavy atom. The molecule has 2 aromatic heterocycles. The molecule has 40 heavy (non-hydrogen) atoms. The number of ether oxygens (including phenoxy) is 3. The maximum Gasteiger partial charge on any atom is 0.344 e. The van der Waals surface area contributed by atoms with E-state index in [9.17, 15) is 4.79 Å². The van der Waals surface area contributed by atoms with Crippen LogP contribution in [0.4, 0.5) is 10.2 Å². The Balaban J connectivity index is 1.50. The Morgan fingerprint density at radius 2 is 1.68 bits per heavy atom. The monoisotopic (exact) mass is 592 g/mol. The van der Waals surface area contributed by atoms with Crippen molar-refractivity contribution in [3.8, 4) is 0 Å². The molecule has 1 spiro atoms. The molecule has 2 heterocycles. The average Bonchev–Trinajstić information content (AvgIpc) is 3.20. The van der Waals surface area contributed by atoms with E-state index in [1.807, 2.05) is 10.6 Å². The minimum Gasteiger partial charge on any atom is -0.464 e. The van der Waals surface area contributed by atoms with Crippen molar-refractivity contribution in [3.63, 3.8) is 0 Å².